The van der Waals surface area contributed by atoms with Crippen LogP contribution in [0.2, 0.25) is 0 Å². The van der Waals surface area contributed by atoms with E-state index in [4.69, 9.17) is 0 Å². The minimum absolute atomic E-state index is 0.0416. The van der Waals surface area contributed by atoms with Gasteiger partial charge in [-0.1, -0.05) is 58.9 Å². The Morgan fingerprint density at radius 2 is 1.68 bits per heavy atom. The minimum Gasteiger partial charge on any atom is -0.507 e. The number of aromatic hydroxyl groups is 1. The Balaban J connectivity index is 1.37. The number of aromatic carboxylic acids is 1. The first kappa shape index (κ1) is 29.0. The van der Waals surface area contributed by atoms with Crippen LogP contribution in [0.4, 0.5) is 0 Å². The Kier molecular flexibility index (Phi) is 6.52. The van der Waals surface area contributed by atoms with Gasteiger partial charge in [-0.25, -0.2) is 4.79 Å². The Bertz CT molecular complexity index is 1310. The third-order valence-corrected chi connectivity index (χ3v) is 14.7. The van der Waals surface area contributed by atoms with Crippen LogP contribution in [0.15, 0.2) is 36.4 Å². The summed E-state index contributed by atoms with van der Waals surface area (Å²) in [6.07, 6.45) is 13.1. The van der Waals surface area contributed by atoms with Gasteiger partial charge in [0.15, 0.2) is 0 Å². The number of hydrogen-bond donors (Lipinski definition) is 3. The molecule has 0 bridgehead atoms. The van der Waals surface area contributed by atoms with Crippen LogP contribution in [0.1, 0.15) is 115 Å². The fourth-order valence-corrected chi connectivity index (χ4v) is 12.5. The highest BCUT2D eigenvalue weighted by molar-refractivity contribution is 5.91. The number of allylic oxidation sites excluding steroid dienone is 3. The van der Waals surface area contributed by atoms with E-state index in [1.807, 2.05) is 6.07 Å². The van der Waals surface area contributed by atoms with Crippen LogP contribution in [-0.4, -0.2) is 27.9 Å². The lowest BCUT2D eigenvalue weighted by Crippen LogP contribution is -2.65. The van der Waals surface area contributed by atoms with Gasteiger partial charge in [-0.15, -0.1) is 0 Å². The van der Waals surface area contributed by atoms with E-state index in [2.05, 4.69) is 54.2 Å². The Labute approximate surface area is 247 Å². The molecule has 1 aromatic rings. The molecule has 3 N–H and O–H groups in total. The van der Waals surface area contributed by atoms with Gasteiger partial charge in [0.25, 0.3) is 0 Å². The maximum Gasteiger partial charge on any atom is 0.339 e. The van der Waals surface area contributed by atoms with Gasteiger partial charge in [-0.2, -0.15) is 0 Å². The van der Waals surface area contributed by atoms with Crippen molar-refractivity contribution in [1.29, 1.82) is 0 Å². The highest BCUT2D eigenvalue weighted by atomic mass is 16.4. The van der Waals surface area contributed by atoms with Gasteiger partial charge in [0.05, 0.1) is 0 Å². The number of phenols is 1. The van der Waals surface area contributed by atoms with Crippen LogP contribution in [-0.2, 0) is 0 Å². The maximum atomic E-state index is 11.5. The smallest absolute Gasteiger partial charge is 0.339 e. The van der Waals surface area contributed by atoms with Gasteiger partial charge in [0, 0.05) is 6.61 Å². The molecule has 0 radical (unpaired) electrons. The fourth-order valence-electron chi connectivity index (χ4n) is 12.5. The summed E-state index contributed by atoms with van der Waals surface area (Å²) in [7, 11) is 0. The van der Waals surface area contributed by atoms with E-state index in [1.54, 1.807) is 12.1 Å². The highest BCUT2D eigenvalue weighted by Gasteiger charge is 2.70. The van der Waals surface area contributed by atoms with Crippen LogP contribution in [0.25, 0.3) is 5.57 Å². The number of hydrogen-bond acceptors (Lipinski definition) is 3. The first-order valence-electron chi connectivity index (χ1n) is 16.2. The van der Waals surface area contributed by atoms with Crippen molar-refractivity contribution in [3.05, 3.63) is 47.6 Å². The highest BCUT2D eigenvalue weighted by Crippen LogP contribution is 2.77. The van der Waals surface area contributed by atoms with Crippen molar-refractivity contribution in [1.82, 2.24) is 0 Å². The van der Waals surface area contributed by atoms with Crippen LogP contribution in [0.3, 0.4) is 0 Å². The first-order chi connectivity index (χ1) is 19.2. The van der Waals surface area contributed by atoms with E-state index in [-0.39, 0.29) is 38.4 Å². The maximum absolute atomic E-state index is 11.5. The molecule has 0 saturated heterocycles. The topological polar surface area (TPSA) is 77.8 Å². The summed E-state index contributed by atoms with van der Waals surface area (Å²) in [4.78, 5) is 11.5. The van der Waals surface area contributed by atoms with Gasteiger partial charge < -0.3 is 15.3 Å². The molecule has 5 aliphatic rings. The van der Waals surface area contributed by atoms with Gasteiger partial charge in [-0.3, -0.25) is 0 Å². The van der Waals surface area contributed by atoms with E-state index < -0.39 is 5.97 Å². The molecule has 0 amide bonds. The van der Waals surface area contributed by atoms with Crippen molar-refractivity contribution >= 4 is 11.5 Å². The predicted octanol–water partition coefficient (Wildman–Crippen LogP) is 8.73. The van der Waals surface area contributed by atoms with Crippen molar-refractivity contribution in [2.75, 3.05) is 6.61 Å². The quantitative estimate of drug-likeness (QED) is 0.322. The van der Waals surface area contributed by atoms with Crippen molar-refractivity contribution in [2.24, 2.45) is 56.7 Å². The standard InChI is InChI=1S/C37H52O4/c1-22(2)24-12-17-37(21-38)19-18-35(6)27(31(24)37)10-11-30-34(5)15-13-26(23-8-9-25(32(40)41)28(39)20-23)33(3,4)29(34)14-16-36(30,35)7/h8-9,13,20,24,27,29-31,38-39H,1,10-12,14-19,21H2,2-7H3,(H,40,41). The number of carboxylic acid groups (broad SMARTS) is 1. The van der Waals surface area contributed by atoms with E-state index >= 15 is 0 Å². The van der Waals surface area contributed by atoms with Crippen molar-refractivity contribution in [3.8, 4) is 5.75 Å². The summed E-state index contributed by atoms with van der Waals surface area (Å²) in [6, 6.07) is 5.09. The minimum atomic E-state index is -1.10. The third kappa shape index (κ3) is 3.71. The molecule has 41 heavy (non-hydrogen) atoms. The van der Waals surface area contributed by atoms with E-state index in [0.29, 0.717) is 36.2 Å². The second-order valence-corrected chi connectivity index (χ2v) is 16.3. The van der Waals surface area contributed by atoms with Crippen LogP contribution in [0.5, 0.6) is 5.75 Å². The lowest BCUT2D eigenvalue weighted by atomic mass is 9.32. The number of benzene rings is 1. The summed E-state index contributed by atoms with van der Waals surface area (Å²) >= 11 is 0. The molecular formula is C37H52O4. The van der Waals surface area contributed by atoms with Gasteiger partial charge in [0.1, 0.15) is 11.3 Å². The van der Waals surface area contributed by atoms with Gasteiger partial charge in [0.2, 0.25) is 0 Å². The van der Waals surface area contributed by atoms with E-state index in [9.17, 15) is 20.1 Å². The van der Waals surface area contributed by atoms with Crippen LogP contribution < -0.4 is 0 Å². The SMILES string of the molecule is C=C(C)C1CCC2(CO)CCC3(C)C(CCC4C5(C)CC=C(c6ccc(C(=O)O)c(O)c6)C(C)(C)C5CCC43C)C12. The molecule has 0 aromatic heterocycles. The Hall–Kier alpha value is -2.07. The lowest BCUT2D eigenvalue weighted by molar-refractivity contribution is -0.228. The average Bonchev–Trinajstić information content (AvgIpc) is 3.29. The molecule has 1 aromatic carbocycles. The molecular weight excluding hydrogens is 508 g/mol. The molecule has 0 heterocycles. The van der Waals surface area contributed by atoms with Gasteiger partial charge >= 0.3 is 5.97 Å². The zero-order valence-electron chi connectivity index (χ0n) is 26.2. The van der Waals surface area contributed by atoms with E-state index in [0.717, 1.165) is 24.8 Å². The van der Waals surface area contributed by atoms with Gasteiger partial charge in [-0.05, 0) is 145 Å². The largest absolute Gasteiger partial charge is 0.507 e. The molecule has 4 fully saturated rings. The lowest BCUT2D eigenvalue weighted by Gasteiger charge is -2.72. The summed E-state index contributed by atoms with van der Waals surface area (Å²) in [5.41, 5.74) is 4.19. The van der Waals surface area contributed by atoms with Crippen LogP contribution >= 0.6 is 0 Å². The number of rotatable bonds is 4. The number of fused-ring (bicyclic) bond motifs is 7. The molecule has 4 nitrogen and oxygen atoms in total. The third-order valence-electron chi connectivity index (χ3n) is 14.7. The number of aliphatic hydroxyl groups excluding tert-OH is 1. The molecule has 0 aliphatic heterocycles. The number of carboxylic acids is 1. The molecule has 4 heteroatoms. The molecule has 224 valence electrons. The predicted molar refractivity (Wildman–Crippen MR) is 164 cm³/mol. The van der Waals surface area contributed by atoms with Crippen molar-refractivity contribution < 1.29 is 20.1 Å². The zero-order chi connectivity index (χ0) is 29.8. The van der Waals surface area contributed by atoms with E-state index in [1.165, 1.54) is 49.7 Å². The molecule has 9 unspecified atom stereocenters. The Morgan fingerprint density at radius 3 is 2.32 bits per heavy atom. The molecule has 6 rings (SSSR count). The molecule has 5 aliphatic carbocycles. The second kappa shape index (κ2) is 9.21. The number of aliphatic hydroxyl groups is 1. The molecule has 4 saturated carbocycles. The monoisotopic (exact) mass is 560 g/mol. The van der Waals surface area contributed by atoms with Crippen molar-refractivity contribution in [3.63, 3.8) is 0 Å². The fraction of sp³-hybridized carbons (Fsp3) is 0.703. The van der Waals surface area contributed by atoms with Crippen LogP contribution in [0, 0.1) is 56.7 Å². The summed E-state index contributed by atoms with van der Waals surface area (Å²) in [5, 5.41) is 30.7. The van der Waals surface area contributed by atoms with Crippen molar-refractivity contribution in [2.45, 2.75) is 99.3 Å². The first-order valence-corrected chi connectivity index (χ1v) is 16.2. The summed E-state index contributed by atoms with van der Waals surface area (Å²) < 4.78 is 0. The summed E-state index contributed by atoms with van der Waals surface area (Å²) in [6.45, 7) is 19.6. The number of carbonyl (C=O) groups is 1. The normalized spacial score (nSPS) is 44.6. The zero-order valence-corrected chi connectivity index (χ0v) is 26.2. The second-order valence-electron chi connectivity index (χ2n) is 16.3. The Morgan fingerprint density at radius 1 is 0.951 bits per heavy atom. The average molecular weight is 561 g/mol. The summed E-state index contributed by atoms with van der Waals surface area (Å²) in [5.74, 6) is 1.65. The molecule has 9 atom stereocenters. The molecule has 0 spiro atoms.